The molecule has 2 rings (SSSR count). The monoisotopic (exact) mass is 208 g/mol. The Morgan fingerprint density at radius 2 is 2.40 bits per heavy atom. The molecule has 0 spiro atoms. The van der Waals surface area contributed by atoms with Crippen LogP contribution in [0.15, 0.2) is 18.3 Å². The highest BCUT2D eigenvalue weighted by molar-refractivity contribution is 5.51. The number of aromatic nitrogens is 1. The Morgan fingerprint density at radius 1 is 1.53 bits per heavy atom. The normalized spacial score (nSPS) is 21.7. The molecule has 2 N–H and O–H groups in total. The number of hydrogen-bond donors (Lipinski definition) is 2. The van der Waals surface area contributed by atoms with E-state index in [1.54, 1.807) is 18.3 Å². The Labute approximate surface area is 89.2 Å². The molecule has 0 bridgehead atoms. The zero-order valence-corrected chi connectivity index (χ0v) is 8.63. The molecule has 0 saturated carbocycles. The van der Waals surface area contributed by atoms with Gasteiger partial charge in [0, 0.05) is 25.9 Å². The number of nitrogens with zero attached hydrogens (tertiary/aromatic N) is 2. The van der Waals surface area contributed by atoms with E-state index in [0.29, 0.717) is 11.7 Å². The van der Waals surface area contributed by atoms with E-state index in [1.807, 2.05) is 4.90 Å². The average Bonchev–Trinajstić information content (AvgIpc) is 2.30. The van der Waals surface area contributed by atoms with Crippen LogP contribution in [0.25, 0.3) is 0 Å². The molecule has 1 aromatic heterocycles. The van der Waals surface area contributed by atoms with Gasteiger partial charge in [0.05, 0.1) is 0 Å². The molecule has 82 valence electrons. The van der Waals surface area contributed by atoms with Crippen molar-refractivity contribution in [3.8, 4) is 5.75 Å². The van der Waals surface area contributed by atoms with E-state index < -0.39 is 0 Å². The van der Waals surface area contributed by atoms with Gasteiger partial charge in [-0.05, 0) is 30.9 Å². The zero-order valence-electron chi connectivity index (χ0n) is 8.63. The van der Waals surface area contributed by atoms with Crippen molar-refractivity contribution in [1.29, 1.82) is 0 Å². The van der Waals surface area contributed by atoms with Crippen molar-refractivity contribution < 1.29 is 10.2 Å². The highest BCUT2D eigenvalue weighted by Gasteiger charge is 2.21. The van der Waals surface area contributed by atoms with Crippen LogP contribution >= 0.6 is 0 Å². The van der Waals surface area contributed by atoms with Crippen LogP contribution in [0.1, 0.15) is 12.8 Å². The van der Waals surface area contributed by atoms with Crippen molar-refractivity contribution in [2.24, 2.45) is 5.92 Å². The van der Waals surface area contributed by atoms with Crippen molar-refractivity contribution in [2.75, 3.05) is 24.6 Å². The van der Waals surface area contributed by atoms with Crippen LogP contribution in [0.5, 0.6) is 5.75 Å². The molecule has 15 heavy (non-hydrogen) atoms. The first-order chi connectivity index (χ1) is 7.31. The van der Waals surface area contributed by atoms with Gasteiger partial charge in [-0.2, -0.15) is 0 Å². The average molecular weight is 208 g/mol. The number of piperidine rings is 1. The van der Waals surface area contributed by atoms with Gasteiger partial charge < -0.3 is 15.1 Å². The summed E-state index contributed by atoms with van der Waals surface area (Å²) in [5.74, 6) is 1.16. The summed E-state index contributed by atoms with van der Waals surface area (Å²) < 4.78 is 0. The van der Waals surface area contributed by atoms with Gasteiger partial charge in [0.15, 0.2) is 11.6 Å². The predicted octanol–water partition coefficient (Wildman–Crippen LogP) is 0.996. The van der Waals surface area contributed by atoms with Crippen LogP contribution < -0.4 is 4.90 Å². The topological polar surface area (TPSA) is 56.6 Å². The largest absolute Gasteiger partial charge is 0.504 e. The number of aliphatic hydroxyl groups excluding tert-OH is 1. The standard InChI is InChI=1S/C11H16N2O2/c14-8-9-3-2-6-13(7-9)11-10(15)4-1-5-12-11/h1,4-5,9,14-15H,2-3,6-8H2/t9-/m1/s1. The lowest BCUT2D eigenvalue weighted by atomic mass is 9.99. The Hall–Kier alpha value is -1.29. The third kappa shape index (κ3) is 2.21. The fourth-order valence-electron chi connectivity index (χ4n) is 2.04. The van der Waals surface area contributed by atoms with Crippen LogP contribution in [0.2, 0.25) is 0 Å². The minimum atomic E-state index is 0.212. The van der Waals surface area contributed by atoms with Gasteiger partial charge in [0.1, 0.15) is 0 Å². The second kappa shape index (κ2) is 4.49. The highest BCUT2D eigenvalue weighted by atomic mass is 16.3. The molecule has 1 aliphatic heterocycles. The molecule has 1 aliphatic rings. The molecule has 0 aromatic carbocycles. The smallest absolute Gasteiger partial charge is 0.171 e. The molecule has 2 heterocycles. The van der Waals surface area contributed by atoms with E-state index in [9.17, 15) is 5.11 Å². The third-order valence-corrected chi connectivity index (χ3v) is 2.84. The lowest BCUT2D eigenvalue weighted by molar-refractivity contribution is 0.208. The zero-order chi connectivity index (χ0) is 10.7. The van der Waals surface area contributed by atoms with Crippen LogP contribution in [-0.2, 0) is 0 Å². The quantitative estimate of drug-likeness (QED) is 0.761. The molecular weight excluding hydrogens is 192 g/mol. The maximum absolute atomic E-state index is 9.66. The molecule has 4 heteroatoms. The molecule has 0 aliphatic carbocycles. The lowest BCUT2D eigenvalue weighted by Gasteiger charge is -2.32. The molecule has 0 radical (unpaired) electrons. The first-order valence-corrected chi connectivity index (χ1v) is 5.31. The summed E-state index contributed by atoms with van der Waals surface area (Å²) in [6, 6.07) is 3.36. The molecule has 1 saturated heterocycles. The van der Waals surface area contributed by atoms with E-state index in [1.165, 1.54) is 0 Å². The van der Waals surface area contributed by atoms with Crippen LogP contribution in [0.3, 0.4) is 0 Å². The van der Waals surface area contributed by atoms with Crippen molar-refractivity contribution in [3.63, 3.8) is 0 Å². The maximum atomic E-state index is 9.66. The van der Waals surface area contributed by atoms with E-state index >= 15 is 0 Å². The Kier molecular flexibility index (Phi) is 3.06. The summed E-state index contributed by atoms with van der Waals surface area (Å²) in [5.41, 5.74) is 0. The van der Waals surface area contributed by atoms with Gasteiger partial charge in [-0.3, -0.25) is 0 Å². The number of aliphatic hydroxyl groups is 1. The molecule has 0 unspecified atom stereocenters. The van der Waals surface area contributed by atoms with Crippen molar-refractivity contribution in [1.82, 2.24) is 4.98 Å². The van der Waals surface area contributed by atoms with Gasteiger partial charge in [-0.1, -0.05) is 0 Å². The van der Waals surface area contributed by atoms with Gasteiger partial charge >= 0.3 is 0 Å². The van der Waals surface area contributed by atoms with Crippen LogP contribution in [0, 0.1) is 5.92 Å². The summed E-state index contributed by atoms with van der Waals surface area (Å²) >= 11 is 0. The van der Waals surface area contributed by atoms with E-state index in [0.717, 1.165) is 25.9 Å². The van der Waals surface area contributed by atoms with Gasteiger partial charge in [-0.25, -0.2) is 4.98 Å². The minimum absolute atomic E-state index is 0.212. The summed E-state index contributed by atoms with van der Waals surface area (Å²) in [6.45, 7) is 1.90. The van der Waals surface area contributed by atoms with E-state index in [4.69, 9.17) is 5.11 Å². The maximum Gasteiger partial charge on any atom is 0.171 e. The number of aromatic hydroxyl groups is 1. The van der Waals surface area contributed by atoms with Gasteiger partial charge in [0.25, 0.3) is 0 Å². The SMILES string of the molecule is OC[C@@H]1CCCN(c2ncccc2O)C1. The molecule has 0 amide bonds. The summed E-state index contributed by atoms with van der Waals surface area (Å²) in [6.07, 6.45) is 3.78. The summed E-state index contributed by atoms with van der Waals surface area (Å²) in [4.78, 5) is 6.21. The summed E-state index contributed by atoms with van der Waals surface area (Å²) in [5, 5.41) is 18.8. The Bertz CT molecular complexity index is 330. The molecular formula is C11H16N2O2. The summed E-state index contributed by atoms with van der Waals surface area (Å²) in [7, 11) is 0. The molecule has 4 nitrogen and oxygen atoms in total. The first kappa shape index (κ1) is 10.2. The van der Waals surface area contributed by atoms with E-state index in [2.05, 4.69) is 4.98 Å². The Morgan fingerprint density at radius 3 is 3.13 bits per heavy atom. The van der Waals surface area contributed by atoms with Crippen molar-refractivity contribution in [2.45, 2.75) is 12.8 Å². The fraction of sp³-hybridized carbons (Fsp3) is 0.545. The predicted molar refractivity (Wildman–Crippen MR) is 57.9 cm³/mol. The molecule has 1 fully saturated rings. The highest BCUT2D eigenvalue weighted by Crippen LogP contribution is 2.27. The van der Waals surface area contributed by atoms with E-state index in [-0.39, 0.29) is 12.4 Å². The number of rotatable bonds is 2. The number of hydrogen-bond acceptors (Lipinski definition) is 4. The van der Waals surface area contributed by atoms with Crippen molar-refractivity contribution in [3.05, 3.63) is 18.3 Å². The van der Waals surface area contributed by atoms with Gasteiger partial charge in [-0.15, -0.1) is 0 Å². The minimum Gasteiger partial charge on any atom is -0.504 e. The fourth-order valence-corrected chi connectivity index (χ4v) is 2.04. The second-order valence-corrected chi connectivity index (χ2v) is 3.98. The Balaban J connectivity index is 2.13. The van der Waals surface area contributed by atoms with Crippen molar-refractivity contribution >= 4 is 5.82 Å². The van der Waals surface area contributed by atoms with Crippen LogP contribution in [-0.4, -0.2) is 34.9 Å². The molecule has 1 atom stereocenters. The number of pyridine rings is 1. The molecule has 1 aromatic rings. The lowest BCUT2D eigenvalue weighted by Crippen LogP contribution is -2.37. The van der Waals surface area contributed by atoms with Gasteiger partial charge in [0.2, 0.25) is 0 Å². The first-order valence-electron chi connectivity index (χ1n) is 5.31. The second-order valence-electron chi connectivity index (χ2n) is 3.98. The van der Waals surface area contributed by atoms with Crippen LogP contribution in [0.4, 0.5) is 5.82 Å². The third-order valence-electron chi connectivity index (χ3n) is 2.84. The number of anilines is 1.